The van der Waals surface area contributed by atoms with Crippen LogP contribution in [-0.4, -0.2) is 22.8 Å². The molecule has 14 heavy (non-hydrogen) atoms. The van der Waals surface area contributed by atoms with E-state index in [0.717, 1.165) is 0 Å². The van der Waals surface area contributed by atoms with Crippen molar-refractivity contribution < 1.29 is 9.59 Å². The molecule has 1 amide bonds. The van der Waals surface area contributed by atoms with Gasteiger partial charge in [-0.2, -0.15) is 0 Å². The summed E-state index contributed by atoms with van der Waals surface area (Å²) in [5.41, 5.74) is 0.595. The fourth-order valence-corrected chi connectivity index (χ4v) is 1.78. The second kappa shape index (κ2) is 3.84. The molecule has 1 N–H and O–H groups in total. The zero-order valence-electron chi connectivity index (χ0n) is 7.40. The lowest BCUT2D eigenvalue weighted by molar-refractivity contribution is -0.113. The maximum Gasteiger partial charge on any atom is 0.251 e. The van der Waals surface area contributed by atoms with E-state index in [9.17, 15) is 9.59 Å². The third-order valence-electron chi connectivity index (χ3n) is 2.02. The van der Waals surface area contributed by atoms with Gasteiger partial charge in [-0.05, 0) is 12.1 Å². The molecule has 1 atom stereocenters. The monoisotopic (exact) mass is 207 g/mol. The van der Waals surface area contributed by atoms with Crippen molar-refractivity contribution in [1.29, 1.82) is 0 Å². The molecule has 0 aliphatic carbocycles. The molecule has 72 valence electrons. The Balaban J connectivity index is 1.99. The number of carbonyl (C=O) groups is 2. The van der Waals surface area contributed by atoms with Crippen LogP contribution in [0, 0.1) is 0 Å². The fourth-order valence-electron chi connectivity index (χ4n) is 1.17. The van der Waals surface area contributed by atoms with Crippen molar-refractivity contribution in [3.05, 3.63) is 35.9 Å². The molecule has 1 aliphatic heterocycles. The number of thioether (sulfide) groups is 1. The molecule has 0 bridgehead atoms. The predicted octanol–water partition coefficient (Wildman–Crippen LogP) is 1.06. The highest BCUT2D eigenvalue weighted by molar-refractivity contribution is 8.16. The average Bonchev–Trinajstić information content (AvgIpc) is 2.24. The molecule has 0 radical (unpaired) electrons. The van der Waals surface area contributed by atoms with Gasteiger partial charge in [0.15, 0.2) is 0 Å². The van der Waals surface area contributed by atoms with Crippen LogP contribution in [0.2, 0.25) is 0 Å². The third-order valence-corrected chi connectivity index (χ3v) is 3.09. The minimum atomic E-state index is -0.285. The molecule has 1 heterocycles. The van der Waals surface area contributed by atoms with Crippen molar-refractivity contribution in [2.24, 2.45) is 0 Å². The average molecular weight is 207 g/mol. The molecule has 0 saturated carbocycles. The third kappa shape index (κ3) is 1.80. The van der Waals surface area contributed by atoms with Gasteiger partial charge in [-0.25, -0.2) is 0 Å². The van der Waals surface area contributed by atoms with Gasteiger partial charge in [0.2, 0.25) is 5.12 Å². The van der Waals surface area contributed by atoms with Crippen molar-refractivity contribution in [2.75, 3.05) is 5.75 Å². The Morgan fingerprint density at radius 1 is 1.36 bits per heavy atom. The first-order valence-electron chi connectivity index (χ1n) is 4.30. The molecular formula is C10H9NO2S. The molecule has 0 spiro atoms. The maximum atomic E-state index is 11.5. The summed E-state index contributed by atoms with van der Waals surface area (Å²) < 4.78 is 0. The lowest BCUT2D eigenvalue weighted by Gasteiger charge is -2.23. The number of hydrogen-bond acceptors (Lipinski definition) is 3. The van der Waals surface area contributed by atoms with E-state index in [2.05, 4.69) is 5.32 Å². The summed E-state index contributed by atoms with van der Waals surface area (Å²) in [4.78, 5) is 22.5. The van der Waals surface area contributed by atoms with E-state index in [4.69, 9.17) is 0 Å². The van der Waals surface area contributed by atoms with E-state index in [0.29, 0.717) is 11.3 Å². The van der Waals surface area contributed by atoms with Crippen LogP contribution in [-0.2, 0) is 4.79 Å². The molecule has 1 aliphatic rings. The van der Waals surface area contributed by atoms with Crippen molar-refractivity contribution in [2.45, 2.75) is 6.04 Å². The zero-order valence-corrected chi connectivity index (χ0v) is 8.21. The molecule has 3 nitrogen and oxygen atoms in total. The normalized spacial score (nSPS) is 20.0. The second-order valence-corrected chi connectivity index (χ2v) is 4.05. The van der Waals surface area contributed by atoms with Crippen LogP contribution >= 0.6 is 11.8 Å². The smallest absolute Gasteiger partial charge is 0.251 e. The molecule has 1 saturated heterocycles. The summed E-state index contributed by atoms with van der Waals surface area (Å²) in [6, 6.07) is 8.62. The molecule has 1 aromatic carbocycles. The first kappa shape index (κ1) is 9.27. The van der Waals surface area contributed by atoms with Crippen molar-refractivity contribution in [1.82, 2.24) is 5.32 Å². The highest BCUT2D eigenvalue weighted by Gasteiger charge is 2.30. The van der Waals surface area contributed by atoms with E-state index in [1.54, 1.807) is 24.3 Å². The number of rotatable bonds is 2. The lowest BCUT2D eigenvalue weighted by Crippen LogP contribution is -2.47. The second-order valence-electron chi connectivity index (χ2n) is 3.02. The first-order valence-corrected chi connectivity index (χ1v) is 5.28. The van der Waals surface area contributed by atoms with Crippen LogP contribution in [0.5, 0.6) is 0 Å². The minimum Gasteiger partial charge on any atom is -0.340 e. The van der Waals surface area contributed by atoms with Gasteiger partial charge < -0.3 is 5.32 Å². The number of carbonyl (C=O) groups excluding carboxylic acids is 2. The number of benzene rings is 1. The van der Waals surface area contributed by atoms with E-state index in [-0.39, 0.29) is 17.1 Å². The number of amides is 1. The first-order chi connectivity index (χ1) is 6.77. The number of nitrogens with one attached hydrogen (secondary N) is 1. The van der Waals surface area contributed by atoms with Crippen molar-refractivity contribution in [3.8, 4) is 0 Å². The highest BCUT2D eigenvalue weighted by Crippen LogP contribution is 2.20. The van der Waals surface area contributed by atoms with Gasteiger partial charge in [-0.1, -0.05) is 30.0 Å². The van der Waals surface area contributed by atoms with Crippen LogP contribution in [0.4, 0.5) is 0 Å². The van der Waals surface area contributed by atoms with Gasteiger partial charge in [0.25, 0.3) is 5.91 Å². The van der Waals surface area contributed by atoms with Crippen molar-refractivity contribution in [3.63, 3.8) is 0 Å². The molecule has 4 heteroatoms. The minimum absolute atomic E-state index is 0.0503. The van der Waals surface area contributed by atoms with E-state index in [1.807, 2.05) is 6.07 Å². The fraction of sp³-hybridized carbons (Fsp3) is 0.200. The van der Waals surface area contributed by atoms with Gasteiger partial charge in [-0.3, -0.25) is 9.59 Å². The summed E-state index contributed by atoms with van der Waals surface area (Å²) in [6.07, 6.45) is 0. The number of hydrogen-bond donors (Lipinski definition) is 1. The Labute approximate surface area is 85.9 Å². The Hall–Kier alpha value is -1.29. The molecule has 1 unspecified atom stereocenters. The van der Waals surface area contributed by atoms with Crippen LogP contribution in [0.1, 0.15) is 10.4 Å². The Bertz CT molecular complexity index is 364. The molecule has 2 rings (SSSR count). The van der Waals surface area contributed by atoms with Crippen molar-refractivity contribution >= 4 is 22.8 Å². The largest absolute Gasteiger partial charge is 0.340 e. The van der Waals surface area contributed by atoms with Gasteiger partial charge in [0.05, 0.1) is 0 Å². The summed E-state index contributed by atoms with van der Waals surface area (Å²) in [7, 11) is 0. The summed E-state index contributed by atoms with van der Waals surface area (Å²) >= 11 is 1.25. The van der Waals surface area contributed by atoms with Gasteiger partial charge in [-0.15, -0.1) is 0 Å². The maximum absolute atomic E-state index is 11.5. The van der Waals surface area contributed by atoms with Crippen LogP contribution in [0.15, 0.2) is 30.3 Å². The predicted molar refractivity (Wildman–Crippen MR) is 55.2 cm³/mol. The van der Waals surface area contributed by atoms with Crippen LogP contribution in [0.3, 0.4) is 0 Å². The molecule has 0 aromatic heterocycles. The van der Waals surface area contributed by atoms with Gasteiger partial charge in [0.1, 0.15) is 6.04 Å². The lowest BCUT2D eigenvalue weighted by atomic mass is 10.2. The topological polar surface area (TPSA) is 46.2 Å². The Kier molecular flexibility index (Phi) is 2.54. The van der Waals surface area contributed by atoms with Gasteiger partial charge in [0, 0.05) is 11.3 Å². The highest BCUT2D eigenvalue weighted by atomic mass is 32.2. The zero-order chi connectivity index (χ0) is 9.97. The van der Waals surface area contributed by atoms with E-state index >= 15 is 0 Å². The van der Waals surface area contributed by atoms with E-state index in [1.165, 1.54) is 11.8 Å². The Morgan fingerprint density at radius 3 is 2.57 bits per heavy atom. The van der Waals surface area contributed by atoms with Crippen LogP contribution in [0.25, 0.3) is 0 Å². The molecule has 1 fully saturated rings. The molecule has 1 aromatic rings. The Morgan fingerprint density at radius 2 is 2.07 bits per heavy atom. The summed E-state index contributed by atoms with van der Waals surface area (Å²) in [6.45, 7) is 0. The quantitative estimate of drug-likeness (QED) is 0.788. The van der Waals surface area contributed by atoms with E-state index < -0.39 is 0 Å². The molecular weight excluding hydrogens is 198 g/mol. The van der Waals surface area contributed by atoms with Gasteiger partial charge >= 0.3 is 0 Å². The van der Waals surface area contributed by atoms with Crippen LogP contribution < -0.4 is 5.32 Å². The SMILES string of the molecule is O=C(NC1CSC1=O)c1ccccc1. The summed E-state index contributed by atoms with van der Waals surface area (Å²) in [5.74, 6) is 0.515. The standard InChI is InChI=1S/C10H9NO2S/c12-9(7-4-2-1-3-5-7)11-8-6-14-10(8)13/h1-5,8H,6H2,(H,11,12). The summed E-state index contributed by atoms with van der Waals surface area (Å²) in [5, 5.41) is 2.72.